The molecule has 6 heteroatoms. The van der Waals surface area contributed by atoms with Gasteiger partial charge in [-0.2, -0.15) is 0 Å². The van der Waals surface area contributed by atoms with Gasteiger partial charge in [-0.3, -0.25) is 9.78 Å². The van der Waals surface area contributed by atoms with Crippen molar-refractivity contribution in [2.24, 2.45) is 0 Å². The van der Waals surface area contributed by atoms with E-state index in [2.05, 4.69) is 53.0 Å². The van der Waals surface area contributed by atoms with Crippen molar-refractivity contribution in [1.82, 2.24) is 20.1 Å². The molecule has 0 N–H and O–H groups in total. The zero-order valence-corrected chi connectivity index (χ0v) is 17.7. The summed E-state index contributed by atoms with van der Waals surface area (Å²) in [4.78, 5) is 21.0. The van der Waals surface area contributed by atoms with Gasteiger partial charge in [0.15, 0.2) is 5.82 Å². The molecule has 0 atom stereocenters. The quantitative estimate of drug-likeness (QED) is 0.668. The van der Waals surface area contributed by atoms with E-state index in [1.165, 1.54) is 5.56 Å². The standard InChI is InChI=1S/C24H27N5O/c1-24(2,3)20-6-4-19(5-7-20)23(30)29-16-14-28(15-17-29)22-9-8-21(26-27-22)18-10-12-25-13-11-18/h4-13H,14-17H2,1-3H3. The molecule has 0 bridgehead atoms. The minimum Gasteiger partial charge on any atom is -0.352 e. The second kappa shape index (κ2) is 8.22. The van der Waals surface area contributed by atoms with Gasteiger partial charge in [-0.1, -0.05) is 32.9 Å². The summed E-state index contributed by atoms with van der Waals surface area (Å²) < 4.78 is 0. The highest BCUT2D eigenvalue weighted by molar-refractivity contribution is 5.94. The summed E-state index contributed by atoms with van der Waals surface area (Å²) in [6.07, 6.45) is 3.50. The summed E-state index contributed by atoms with van der Waals surface area (Å²) in [7, 11) is 0. The van der Waals surface area contributed by atoms with E-state index < -0.39 is 0 Å². The van der Waals surface area contributed by atoms with Gasteiger partial charge in [0.25, 0.3) is 5.91 Å². The zero-order chi connectivity index (χ0) is 21.1. The number of aromatic nitrogens is 3. The van der Waals surface area contributed by atoms with Gasteiger partial charge >= 0.3 is 0 Å². The van der Waals surface area contributed by atoms with Crippen LogP contribution in [-0.2, 0) is 5.41 Å². The Labute approximate surface area is 177 Å². The lowest BCUT2D eigenvalue weighted by Gasteiger charge is -2.35. The van der Waals surface area contributed by atoms with Gasteiger partial charge in [0, 0.05) is 49.7 Å². The van der Waals surface area contributed by atoms with Gasteiger partial charge < -0.3 is 9.80 Å². The molecule has 0 saturated carbocycles. The average molecular weight is 402 g/mol. The third-order valence-corrected chi connectivity index (χ3v) is 5.52. The number of amides is 1. The second-order valence-electron chi connectivity index (χ2n) is 8.62. The van der Waals surface area contributed by atoms with Crippen LogP contribution in [0, 0.1) is 0 Å². The fourth-order valence-corrected chi connectivity index (χ4v) is 3.60. The van der Waals surface area contributed by atoms with E-state index in [0.29, 0.717) is 13.1 Å². The molecule has 0 spiro atoms. The highest BCUT2D eigenvalue weighted by atomic mass is 16.2. The highest BCUT2D eigenvalue weighted by Gasteiger charge is 2.23. The van der Waals surface area contributed by atoms with Crippen LogP contribution in [0.1, 0.15) is 36.7 Å². The number of carbonyl (C=O) groups excluding carboxylic acids is 1. The van der Waals surface area contributed by atoms with E-state index in [1.807, 2.05) is 41.3 Å². The minimum atomic E-state index is 0.0845. The molecule has 4 rings (SSSR count). The summed E-state index contributed by atoms with van der Waals surface area (Å²) >= 11 is 0. The molecule has 1 saturated heterocycles. The van der Waals surface area contributed by atoms with E-state index >= 15 is 0 Å². The van der Waals surface area contributed by atoms with Gasteiger partial charge in [0.1, 0.15) is 0 Å². The lowest BCUT2D eigenvalue weighted by atomic mass is 9.86. The number of rotatable bonds is 3. The average Bonchev–Trinajstić information content (AvgIpc) is 2.79. The van der Waals surface area contributed by atoms with E-state index in [1.54, 1.807) is 12.4 Å². The summed E-state index contributed by atoms with van der Waals surface area (Å²) in [5, 5.41) is 8.75. The first kappa shape index (κ1) is 20.0. The van der Waals surface area contributed by atoms with E-state index in [-0.39, 0.29) is 11.3 Å². The van der Waals surface area contributed by atoms with Crippen LogP contribution < -0.4 is 4.90 Å². The van der Waals surface area contributed by atoms with Crippen molar-refractivity contribution in [3.05, 3.63) is 72.1 Å². The molecule has 6 nitrogen and oxygen atoms in total. The van der Waals surface area contributed by atoms with Gasteiger partial charge in [-0.15, -0.1) is 10.2 Å². The maximum Gasteiger partial charge on any atom is 0.253 e. The molecule has 1 aromatic carbocycles. The van der Waals surface area contributed by atoms with Crippen molar-refractivity contribution in [1.29, 1.82) is 0 Å². The fraction of sp³-hybridized carbons (Fsp3) is 0.333. The molecule has 1 amide bonds. The van der Waals surface area contributed by atoms with Gasteiger partial charge in [0.2, 0.25) is 0 Å². The molecule has 3 aromatic rings. The SMILES string of the molecule is CC(C)(C)c1ccc(C(=O)N2CCN(c3ccc(-c4ccncc4)nn3)CC2)cc1. The van der Waals surface area contributed by atoms with E-state index in [0.717, 1.165) is 35.7 Å². The number of piperazine rings is 1. The molecule has 1 aliphatic heterocycles. The van der Waals surface area contributed by atoms with Crippen molar-refractivity contribution >= 4 is 11.7 Å². The number of benzene rings is 1. The van der Waals surface area contributed by atoms with Crippen LogP contribution in [0.5, 0.6) is 0 Å². The highest BCUT2D eigenvalue weighted by Crippen LogP contribution is 2.23. The Bertz CT molecular complexity index is 987. The van der Waals surface area contributed by atoms with E-state index in [4.69, 9.17) is 0 Å². The number of pyridine rings is 1. The summed E-state index contributed by atoms with van der Waals surface area (Å²) in [5.41, 5.74) is 3.89. The largest absolute Gasteiger partial charge is 0.352 e. The number of nitrogens with zero attached hydrogens (tertiary/aromatic N) is 5. The van der Waals surface area contributed by atoms with Gasteiger partial charge in [-0.25, -0.2) is 0 Å². The number of anilines is 1. The molecule has 30 heavy (non-hydrogen) atoms. The topological polar surface area (TPSA) is 62.2 Å². The van der Waals surface area contributed by atoms with Gasteiger partial charge in [0.05, 0.1) is 5.69 Å². The predicted octanol–water partition coefficient (Wildman–Crippen LogP) is 3.80. The van der Waals surface area contributed by atoms with Crippen LogP contribution in [-0.4, -0.2) is 52.2 Å². The van der Waals surface area contributed by atoms with Crippen molar-refractivity contribution in [2.45, 2.75) is 26.2 Å². The Hall–Kier alpha value is -3.28. The fourth-order valence-electron chi connectivity index (χ4n) is 3.60. The summed E-state index contributed by atoms with van der Waals surface area (Å²) in [6, 6.07) is 15.8. The maximum absolute atomic E-state index is 12.9. The second-order valence-corrected chi connectivity index (χ2v) is 8.62. The van der Waals surface area contributed by atoms with Crippen LogP contribution in [0.2, 0.25) is 0 Å². The van der Waals surface area contributed by atoms with Gasteiger partial charge in [-0.05, 0) is 47.4 Å². The molecular weight excluding hydrogens is 374 g/mol. The minimum absolute atomic E-state index is 0.0845. The van der Waals surface area contributed by atoms with E-state index in [9.17, 15) is 4.79 Å². The Balaban J connectivity index is 1.37. The number of carbonyl (C=O) groups is 1. The molecule has 0 aliphatic carbocycles. The van der Waals surface area contributed by atoms with Crippen LogP contribution in [0.3, 0.4) is 0 Å². The molecule has 0 radical (unpaired) electrons. The zero-order valence-electron chi connectivity index (χ0n) is 17.7. The smallest absolute Gasteiger partial charge is 0.253 e. The first-order valence-corrected chi connectivity index (χ1v) is 10.3. The van der Waals surface area contributed by atoms with Crippen LogP contribution >= 0.6 is 0 Å². The number of hydrogen-bond donors (Lipinski definition) is 0. The third-order valence-electron chi connectivity index (χ3n) is 5.52. The first-order valence-electron chi connectivity index (χ1n) is 10.3. The first-order chi connectivity index (χ1) is 14.4. The van der Waals surface area contributed by atoms with Crippen LogP contribution in [0.25, 0.3) is 11.3 Å². The lowest BCUT2D eigenvalue weighted by molar-refractivity contribution is 0.0746. The van der Waals surface area contributed by atoms with Crippen LogP contribution in [0.4, 0.5) is 5.82 Å². The molecule has 1 fully saturated rings. The molecule has 154 valence electrons. The monoisotopic (exact) mass is 401 g/mol. The van der Waals surface area contributed by atoms with Crippen molar-refractivity contribution in [3.8, 4) is 11.3 Å². The Kier molecular flexibility index (Phi) is 5.48. The molecular formula is C24H27N5O. The predicted molar refractivity (Wildman–Crippen MR) is 119 cm³/mol. The van der Waals surface area contributed by atoms with Crippen molar-refractivity contribution < 1.29 is 4.79 Å². The molecule has 0 unspecified atom stereocenters. The number of hydrogen-bond acceptors (Lipinski definition) is 5. The summed E-state index contributed by atoms with van der Waals surface area (Å²) in [5.74, 6) is 0.934. The maximum atomic E-state index is 12.9. The third kappa shape index (κ3) is 4.32. The lowest BCUT2D eigenvalue weighted by Crippen LogP contribution is -2.49. The normalized spacial score (nSPS) is 14.6. The Morgan fingerprint density at radius 3 is 2.07 bits per heavy atom. The van der Waals surface area contributed by atoms with Crippen molar-refractivity contribution in [3.63, 3.8) is 0 Å². The molecule has 3 heterocycles. The molecule has 1 aliphatic rings. The van der Waals surface area contributed by atoms with Crippen molar-refractivity contribution in [2.75, 3.05) is 31.1 Å². The Morgan fingerprint density at radius 2 is 1.50 bits per heavy atom. The van der Waals surface area contributed by atoms with Crippen LogP contribution in [0.15, 0.2) is 60.9 Å². The molecule has 2 aromatic heterocycles. The summed E-state index contributed by atoms with van der Waals surface area (Å²) in [6.45, 7) is 9.37. The Morgan fingerprint density at radius 1 is 0.833 bits per heavy atom.